The normalized spacial score (nSPS) is 11.2. The van der Waals surface area contributed by atoms with Crippen LogP contribution in [0.5, 0.6) is 0 Å². The van der Waals surface area contributed by atoms with Crippen molar-refractivity contribution < 1.29 is 56.9 Å². The van der Waals surface area contributed by atoms with E-state index in [4.69, 9.17) is 52.1 Å². The van der Waals surface area contributed by atoms with E-state index in [1.807, 2.05) is 6.92 Å². The molecule has 12 nitrogen and oxygen atoms in total. The highest BCUT2D eigenvalue weighted by Gasteiger charge is 1.97. The number of carbonyl (C=O) groups excluding carboxylic acids is 1. The summed E-state index contributed by atoms with van der Waals surface area (Å²) in [6.07, 6.45) is 1.11. The van der Waals surface area contributed by atoms with E-state index < -0.39 is 5.97 Å². The highest BCUT2D eigenvalue weighted by Crippen LogP contribution is 1.87. The number of carbonyl (C=O) groups is 1. The molecule has 0 radical (unpaired) electrons. The van der Waals surface area contributed by atoms with Crippen LogP contribution in [0.1, 0.15) is 6.92 Å². The molecule has 0 amide bonds. The fourth-order valence-corrected chi connectivity index (χ4v) is 2.38. The molecule has 0 atom stereocenters. The Morgan fingerprint density at radius 1 is 0.432 bits per heavy atom. The predicted octanol–water partition coefficient (Wildman–Crippen LogP) is 0.902. The van der Waals surface area contributed by atoms with Crippen LogP contribution >= 0.6 is 0 Å². The lowest BCUT2D eigenvalue weighted by atomic mass is 10.6. The lowest BCUT2D eigenvalue weighted by molar-refractivity contribution is -0.139. The largest absolute Gasteiger partial charge is 0.460 e. The van der Waals surface area contributed by atoms with Crippen LogP contribution < -0.4 is 0 Å². The van der Waals surface area contributed by atoms with Crippen LogP contribution in [0.2, 0.25) is 0 Å². The summed E-state index contributed by atoms with van der Waals surface area (Å²) in [4.78, 5) is 10.8. The minimum absolute atomic E-state index is 0.202. The molecular weight excluding hydrogens is 492 g/mol. The van der Waals surface area contributed by atoms with Gasteiger partial charge in [0.25, 0.3) is 0 Å². The lowest BCUT2D eigenvalue weighted by Gasteiger charge is -2.09. The van der Waals surface area contributed by atoms with Crippen molar-refractivity contribution in [3.63, 3.8) is 0 Å². The van der Waals surface area contributed by atoms with Gasteiger partial charge < -0.3 is 52.1 Å². The van der Waals surface area contributed by atoms with Crippen molar-refractivity contribution in [1.29, 1.82) is 0 Å². The van der Waals surface area contributed by atoms with Crippen LogP contribution in [0, 0.1) is 0 Å². The molecule has 0 saturated heterocycles. The summed E-state index contributed by atoms with van der Waals surface area (Å²) in [5, 5.41) is 0. The average molecular weight is 541 g/mol. The first-order valence-corrected chi connectivity index (χ1v) is 12.9. The Balaban J connectivity index is 3.03. The smallest absolute Gasteiger partial charge is 0.330 e. The van der Waals surface area contributed by atoms with E-state index in [-0.39, 0.29) is 6.61 Å². The van der Waals surface area contributed by atoms with Crippen LogP contribution in [-0.2, 0) is 56.9 Å². The van der Waals surface area contributed by atoms with E-state index in [9.17, 15) is 4.79 Å². The Kier molecular flexibility index (Phi) is 31.8. The third kappa shape index (κ3) is 32.8. The number of hydrogen-bond donors (Lipinski definition) is 0. The molecule has 0 heterocycles. The molecule has 0 N–H and O–H groups in total. The average Bonchev–Trinajstić information content (AvgIpc) is 2.91. The monoisotopic (exact) mass is 540 g/mol. The first-order valence-electron chi connectivity index (χ1n) is 12.9. The van der Waals surface area contributed by atoms with Crippen molar-refractivity contribution in [2.45, 2.75) is 6.92 Å². The van der Waals surface area contributed by atoms with E-state index in [2.05, 4.69) is 6.58 Å². The van der Waals surface area contributed by atoms with Crippen LogP contribution in [0.15, 0.2) is 12.7 Å². The highest BCUT2D eigenvalue weighted by atomic mass is 16.6. The van der Waals surface area contributed by atoms with E-state index in [0.29, 0.717) is 132 Å². The second-order valence-electron chi connectivity index (χ2n) is 7.08. The Hall–Kier alpha value is -1.19. The molecule has 0 aromatic carbocycles. The minimum Gasteiger partial charge on any atom is -0.460 e. The molecule has 220 valence electrons. The van der Waals surface area contributed by atoms with Gasteiger partial charge >= 0.3 is 5.97 Å². The summed E-state index contributed by atoms with van der Waals surface area (Å²) in [6.45, 7) is 15.7. The van der Waals surface area contributed by atoms with Gasteiger partial charge in [-0.25, -0.2) is 4.79 Å². The van der Waals surface area contributed by atoms with Crippen molar-refractivity contribution in [2.24, 2.45) is 0 Å². The van der Waals surface area contributed by atoms with Gasteiger partial charge in [-0.2, -0.15) is 0 Å². The zero-order valence-corrected chi connectivity index (χ0v) is 22.5. The molecule has 0 spiro atoms. The molecule has 0 aliphatic carbocycles. The van der Waals surface area contributed by atoms with Crippen molar-refractivity contribution in [1.82, 2.24) is 0 Å². The van der Waals surface area contributed by atoms with Gasteiger partial charge in [0.1, 0.15) is 6.61 Å². The summed E-state index contributed by atoms with van der Waals surface area (Å²) >= 11 is 0. The zero-order valence-electron chi connectivity index (χ0n) is 22.5. The Morgan fingerprint density at radius 3 is 0.865 bits per heavy atom. The Bertz CT molecular complexity index is 467. The van der Waals surface area contributed by atoms with Gasteiger partial charge in [-0.05, 0) is 6.92 Å². The third-order valence-corrected chi connectivity index (χ3v) is 4.19. The molecule has 37 heavy (non-hydrogen) atoms. The molecule has 0 aliphatic heterocycles. The number of hydrogen-bond acceptors (Lipinski definition) is 12. The summed E-state index contributed by atoms with van der Waals surface area (Å²) in [6, 6.07) is 0. The van der Waals surface area contributed by atoms with E-state index in [1.54, 1.807) is 0 Å². The molecule has 0 aromatic heterocycles. The maximum Gasteiger partial charge on any atom is 0.330 e. The summed E-state index contributed by atoms with van der Waals surface area (Å²) in [5.41, 5.74) is 0. The first-order chi connectivity index (χ1) is 18.3. The quantitative estimate of drug-likeness (QED) is 0.0685. The molecule has 0 rings (SSSR count). The van der Waals surface area contributed by atoms with Crippen molar-refractivity contribution >= 4 is 5.97 Å². The fourth-order valence-electron chi connectivity index (χ4n) is 2.38. The number of rotatable bonds is 32. The zero-order chi connectivity index (χ0) is 26.9. The summed E-state index contributed by atoms with van der Waals surface area (Å²) in [7, 11) is 0. The molecule has 0 saturated carbocycles. The molecular formula is C25H48O12. The number of ether oxygens (including phenoxy) is 11. The topological polar surface area (TPSA) is 119 Å². The number of esters is 1. The van der Waals surface area contributed by atoms with Gasteiger partial charge in [0, 0.05) is 12.7 Å². The van der Waals surface area contributed by atoms with Crippen molar-refractivity contribution in [3.8, 4) is 0 Å². The predicted molar refractivity (Wildman–Crippen MR) is 135 cm³/mol. The van der Waals surface area contributed by atoms with Gasteiger partial charge in [0.15, 0.2) is 0 Å². The van der Waals surface area contributed by atoms with Crippen molar-refractivity contribution in [2.75, 3.05) is 139 Å². The minimum atomic E-state index is -0.457. The highest BCUT2D eigenvalue weighted by molar-refractivity contribution is 5.81. The summed E-state index contributed by atoms with van der Waals surface area (Å²) < 4.78 is 58.5. The Labute approximate surface area is 221 Å². The molecule has 0 bridgehead atoms. The molecule has 0 fully saturated rings. The molecule has 0 aromatic rings. The van der Waals surface area contributed by atoms with Crippen LogP contribution in [0.3, 0.4) is 0 Å². The van der Waals surface area contributed by atoms with E-state index in [0.717, 1.165) is 6.08 Å². The second-order valence-corrected chi connectivity index (χ2v) is 7.08. The molecule has 0 aliphatic rings. The lowest BCUT2D eigenvalue weighted by Crippen LogP contribution is -2.15. The van der Waals surface area contributed by atoms with Crippen LogP contribution in [0.25, 0.3) is 0 Å². The van der Waals surface area contributed by atoms with E-state index in [1.165, 1.54) is 0 Å². The Morgan fingerprint density at radius 2 is 0.649 bits per heavy atom. The van der Waals surface area contributed by atoms with Gasteiger partial charge in [-0.15, -0.1) is 0 Å². The van der Waals surface area contributed by atoms with Crippen molar-refractivity contribution in [3.05, 3.63) is 12.7 Å². The SMILES string of the molecule is C=CC(=O)OCCOCCOCCOCCOCCOCCOCCOCCOCCOCCOCC. The maximum atomic E-state index is 10.8. The maximum absolute atomic E-state index is 10.8. The first kappa shape index (κ1) is 35.8. The fraction of sp³-hybridized carbons (Fsp3) is 0.880. The van der Waals surface area contributed by atoms with Gasteiger partial charge in [0.05, 0.1) is 126 Å². The van der Waals surface area contributed by atoms with Gasteiger partial charge in [-0.1, -0.05) is 6.58 Å². The van der Waals surface area contributed by atoms with Crippen LogP contribution in [0.4, 0.5) is 0 Å². The molecule has 0 unspecified atom stereocenters. The van der Waals surface area contributed by atoms with Gasteiger partial charge in [-0.3, -0.25) is 0 Å². The summed E-state index contributed by atoms with van der Waals surface area (Å²) in [5.74, 6) is -0.457. The molecule has 12 heteroatoms. The van der Waals surface area contributed by atoms with Crippen LogP contribution in [-0.4, -0.2) is 145 Å². The standard InChI is InChI=1S/C25H48O12/c1-3-25(26)37-24-23-36-22-21-35-20-19-34-18-17-33-16-15-32-14-13-31-12-11-30-10-9-29-8-7-28-6-5-27-4-2/h3H,1,4-24H2,2H3. The second kappa shape index (κ2) is 32.8. The van der Waals surface area contributed by atoms with E-state index >= 15 is 0 Å². The third-order valence-electron chi connectivity index (χ3n) is 4.19. The van der Waals surface area contributed by atoms with Gasteiger partial charge in [0.2, 0.25) is 0 Å².